The lowest BCUT2D eigenvalue weighted by Crippen LogP contribution is -2.38. The molecule has 0 saturated carbocycles. The summed E-state index contributed by atoms with van der Waals surface area (Å²) in [5.74, 6) is 0.679. The van der Waals surface area contributed by atoms with Crippen molar-refractivity contribution in [1.29, 1.82) is 0 Å². The molecule has 6 heteroatoms. The minimum Gasteiger partial charge on any atom is -0.406 e. The first-order valence-corrected chi connectivity index (χ1v) is 7.63. The van der Waals surface area contributed by atoms with Crippen LogP contribution in [0.3, 0.4) is 0 Å². The monoisotopic (exact) mass is 281 g/mol. The molecule has 1 N–H and O–H groups in total. The molecule has 1 aliphatic rings. The van der Waals surface area contributed by atoms with Crippen molar-refractivity contribution in [2.75, 3.05) is 38.1 Å². The number of likely N-dealkylation sites (N-methyl/N-ethyl adjacent to an activating group) is 1. The Hall–Kier alpha value is -1.14. The topological polar surface area (TPSA) is 57.4 Å². The largest absolute Gasteiger partial charge is 0.406 e. The third-order valence-corrected chi connectivity index (χ3v) is 3.79. The summed E-state index contributed by atoms with van der Waals surface area (Å²) in [5.41, 5.74) is 0. The molecule has 1 saturated heterocycles. The summed E-state index contributed by atoms with van der Waals surface area (Å²) in [6.07, 6.45) is 2.23. The van der Waals surface area contributed by atoms with Crippen LogP contribution >= 0.6 is 0 Å². The molecule has 0 radical (unpaired) electrons. The van der Waals surface area contributed by atoms with E-state index >= 15 is 0 Å². The van der Waals surface area contributed by atoms with E-state index < -0.39 is 0 Å². The van der Waals surface area contributed by atoms with Gasteiger partial charge in [0.15, 0.2) is 0 Å². The quantitative estimate of drug-likeness (QED) is 0.886. The fourth-order valence-electron chi connectivity index (χ4n) is 2.62. The van der Waals surface area contributed by atoms with Gasteiger partial charge in [0.25, 0.3) is 0 Å². The second-order valence-corrected chi connectivity index (χ2v) is 5.76. The van der Waals surface area contributed by atoms with Crippen LogP contribution in [0.15, 0.2) is 4.42 Å². The van der Waals surface area contributed by atoms with Crippen LogP contribution in [0.2, 0.25) is 0 Å². The molecule has 2 atom stereocenters. The predicted octanol–water partition coefficient (Wildman–Crippen LogP) is 1.66. The highest BCUT2D eigenvalue weighted by Crippen LogP contribution is 2.21. The van der Waals surface area contributed by atoms with Crippen LogP contribution in [0, 0.1) is 0 Å². The Kier molecular flexibility index (Phi) is 5.37. The van der Waals surface area contributed by atoms with Crippen molar-refractivity contribution in [3.8, 4) is 0 Å². The van der Waals surface area contributed by atoms with E-state index in [1.54, 1.807) is 0 Å². The van der Waals surface area contributed by atoms with E-state index in [1.807, 2.05) is 0 Å². The number of aromatic nitrogens is 2. The standard InChI is InChI=1S/C14H27N5O/c1-5-7-15-12(3)13-16-17-14(20-13)19-9-6-8-18(4)10-11(19)2/h11-12,15H,5-10H2,1-4H3. The molecular weight excluding hydrogens is 254 g/mol. The summed E-state index contributed by atoms with van der Waals surface area (Å²) in [6, 6.07) is 1.17. The third-order valence-electron chi connectivity index (χ3n) is 3.79. The Balaban J connectivity index is 2.03. The van der Waals surface area contributed by atoms with Gasteiger partial charge in [-0.25, -0.2) is 0 Å². The Bertz CT molecular complexity index is 408. The minimum absolute atomic E-state index is 0.112. The van der Waals surface area contributed by atoms with Gasteiger partial charge in [0, 0.05) is 19.1 Å². The molecule has 114 valence electrons. The van der Waals surface area contributed by atoms with Crippen LogP contribution in [0.5, 0.6) is 0 Å². The van der Waals surface area contributed by atoms with E-state index in [4.69, 9.17) is 4.42 Å². The lowest BCUT2D eigenvalue weighted by molar-refractivity contribution is 0.334. The van der Waals surface area contributed by atoms with E-state index in [2.05, 4.69) is 53.1 Å². The molecule has 1 fully saturated rings. The van der Waals surface area contributed by atoms with Crippen molar-refractivity contribution >= 4 is 6.01 Å². The molecule has 2 unspecified atom stereocenters. The second-order valence-electron chi connectivity index (χ2n) is 5.76. The van der Waals surface area contributed by atoms with Gasteiger partial charge in [0.2, 0.25) is 5.89 Å². The molecule has 2 heterocycles. The number of hydrogen-bond donors (Lipinski definition) is 1. The number of hydrogen-bond acceptors (Lipinski definition) is 6. The van der Waals surface area contributed by atoms with E-state index in [-0.39, 0.29) is 6.04 Å². The zero-order valence-corrected chi connectivity index (χ0v) is 13.1. The van der Waals surface area contributed by atoms with Crippen molar-refractivity contribution in [3.63, 3.8) is 0 Å². The fourth-order valence-corrected chi connectivity index (χ4v) is 2.62. The first kappa shape index (κ1) is 15.3. The van der Waals surface area contributed by atoms with Gasteiger partial charge < -0.3 is 19.5 Å². The molecule has 0 amide bonds. The Morgan fingerprint density at radius 3 is 2.95 bits per heavy atom. The molecule has 0 aromatic carbocycles. The van der Waals surface area contributed by atoms with Crippen LogP contribution in [0.4, 0.5) is 6.01 Å². The smallest absolute Gasteiger partial charge is 0.318 e. The first-order valence-electron chi connectivity index (χ1n) is 7.63. The van der Waals surface area contributed by atoms with Crippen molar-refractivity contribution in [1.82, 2.24) is 20.4 Å². The molecule has 0 spiro atoms. The van der Waals surface area contributed by atoms with E-state index in [0.717, 1.165) is 39.0 Å². The highest BCUT2D eigenvalue weighted by molar-refractivity contribution is 5.27. The van der Waals surface area contributed by atoms with Crippen LogP contribution in [-0.4, -0.2) is 54.4 Å². The van der Waals surface area contributed by atoms with Gasteiger partial charge in [-0.15, -0.1) is 5.10 Å². The summed E-state index contributed by atoms with van der Waals surface area (Å²) >= 11 is 0. The van der Waals surface area contributed by atoms with Gasteiger partial charge in [-0.1, -0.05) is 12.0 Å². The van der Waals surface area contributed by atoms with Crippen LogP contribution < -0.4 is 10.2 Å². The Labute approximate surface area is 121 Å². The lowest BCUT2D eigenvalue weighted by atomic mass is 10.3. The zero-order valence-electron chi connectivity index (χ0n) is 13.1. The molecule has 6 nitrogen and oxygen atoms in total. The van der Waals surface area contributed by atoms with Gasteiger partial charge in [-0.3, -0.25) is 0 Å². The maximum atomic E-state index is 5.87. The third kappa shape index (κ3) is 3.70. The van der Waals surface area contributed by atoms with Crippen LogP contribution in [0.25, 0.3) is 0 Å². The molecule has 20 heavy (non-hydrogen) atoms. The summed E-state index contributed by atoms with van der Waals surface area (Å²) in [7, 11) is 2.16. The summed E-state index contributed by atoms with van der Waals surface area (Å²) in [4.78, 5) is 4.58. The van der Waals surface area contributed by atoms with Crippen LogP contribution in [0.1, 0.15) is 45.5 Å². The predicted molar refractivity (Wildman–Crippen MR) is 79.9 cm³/mol. The molecule has 0 bridgehead atoms. The van der Waals surface area contributed by atoms with E-state index in [0.29, 0.717) is 17.9 Å². The maximum absolute atomic E-state index is 5.87. The fraction of sp³-hybridized carbons (Fsp3) is 0.857. The average molecular weight is 281 g/mol. The van der Waals surface area contributed by atoms with E-state index in [1.165, 1.54) is 0 Å². The summed E-state index contributed by atoms with van der Waals surface area (Å²) < 4.78 is 5.87. The Morgan fingerprint density at radius 1 is 1.40 bits per heavy atom. The lowest BCUT2D eigenvalue weighted by Gasteiger charge is -2.25. The first-order chi connectivity index (χ1) is 9.61. The van der Waals surface area contributed by atoms with Gasteiger partial charge in [0.05, 0.1) is 6.04 Å². The van der Waals surface area contributed by atoms with Crippen LogP contribution in [-0.2, 0) is 0 Å². The van der Waals surface area contributed by atoms with Gasteiger partial charge in [-0.2, -0.15) is 0 Å². The second kappa shape index (κ2) is 7.04. The highest BCUT2D eigenvalue weighted by Gasteiger charge is 2.25. The number of nitrogens with one attached hydrogen (secondary N) is 1. The molecule has 1 aromatic heterocycles. The average Bonchev–Trinajstić information content (AvgIpc) is 2.83. The maximum Gasteiger partial charge on any atom is 0.318 e. The van der Waals surface area contributed by atoms with Crippen molar-refractivity contribution in [2.45, 2.75) is 45.7 Å². The van der Waals surface area contributed by atoms with Gasteiger partial charge in [-0.05, 0) is 46.8 Å². The number of rotatable bonds is 5. The molecule has 2 rings (SSSR count). The zero-order chi connectivity index (χ0) is 14.5. The number of anilines is 1. The minimum atomic E-state index is 0.112. The van der Waals surface area contributed by atoms with Crippen molar-refractivity contribution in [2.24, 2.45) is 0 Å². The van der Waals surface area contributed by atoms with Crippen molar-refractivity contribution in [3.05, 3.63) is 5.89 Å². The molecule has 1 aromatic rings. The summed E-state index contributed by atoms with van der Waals surface area (Å²) in [6.45, 7) is 10.5. The SMILES string of the molecule is CCCNC(C)c1nnc(N2CCCN(C)CC2C)o1. The van der Waals surface area contributed by atoms with E-state index in [9.17, 15) is 0 Å². The molecule has 1 aliphatic heterocycles. The van der Waals surface area contributed by atoms with Gasteiger partial charge >= 0.3 is 6.01 Å². The van der Waals surface area contributed by atoms with Crippen molar-refractivity contribution < 1.29 is 4.42 Å². The number of nitrogens with zero attached hydrogens (tertiary/aromatic N) is 4. The normalized spacial score (nSPS) is 22.8. The highest BCUT2D eigenvalue weighted by atomic mass is 16.4. The molecule has 0 aliphatic carbocycles. The molecular formula is C14H27N5O. The Morgan fingerprint density at radius 2 is 2.20 bits per heavy atom. The van der Waals surface area contributed by atoms with Gasteiger partial charge in [0.1, 0.15) is 0 Å². The summed E-state index contributed by atoms with van der Waals surface area (Å²) in [5, 5.41) is 11.8.